The molecule has 1 aromatic carbocycles. The van der Waals surface area contributed by atoms with Gasteiger partial charge in [0.05, 0.1) is 5.56 Å². The summed E-state index contributed by atoms with van der Waals surface area (Å²) in [4.78, 5) is 16.6. The summed E-state index contributed by atoms with van der Waals surface area (Å²) in [6.45, 7) is 2.89. The molecule has 1 amide bonds. The van der Waals surface area contributed by atoms with Gasteiger partial charge in [0.2, 0.25) is 5.82 Å². The standard InChI is InChI=1S/C18H20N6OS/c25-18(16-8-2-1-7-15(16)17-20-22-23-21-17)19-13-5-3-9-24(11-13)12-14-6-4-10-26-14/h1-2,4,6-8,10,13H,3,5,9,11-12H2,(H,19,25)(H,20,21,22,23). The number of aromatic amines is 1. The van der Waals surface area contributed by atoms with Crippen LogP contribution in [0.25, 0.3) is 11.4 Å². The zero-order chi connectivity index (χ0) is 17.8. The SMILES string of the molecule is O=C(NC1CCCN(Cc2cccs2)C1)c1ccccc1-c1nn[nH]n1. The van der Waals surface area contributed by atoms with Crippen LogP contribution in [0.3, 0.4) is 0 Å². The van der Waals surface area contributed by atoms with Crippen molar-refractivity contribution in [3.63, 3.8) is 0 Å². The molecule has 0 aliphatic carbocycles. The van der Waals surface area contributed by atoms with E-state index >= 15 is 0 Å². The van der Waals surface area contributed by atoms with Crippen LogP contribution in [-0.2, 0) is 6.54 Å². The van der Waals surface area contributed by atoms with E-state index in [2.05, 4.69) is 48.4 Å². The van der Waals surface area contributed by atoms with Gasteiger partial charge < -0.3 is 5.32 Å². The number of thiophene rings is 1. The number of nitrogens with zero attached hydrogens (tertiary/aromatic N) is 4. The monoisotopic (exact) mass is 368 g/mol. The largest absolute Gasteiger partial charge is 0.348 e. The average molecular weight is 368 g/mol. The lowest BCUT2D eigenvalue weighted by molar-refractivity contribution is 0.0902. The average Bonchev–Trinajstić information content (AvgIpc) is 3.36. The summed E-state index contributed by atoms with van der Waals surface area (Å²) in [5.74, 6) is 0.340. The van der Waals surface area contributed by atoms with Crippen LogP contribution in [0.1, 0.15) is 28.1 Å². The van der Waals surface area contributed by atoms with Crippen LogP contribution in [0.4, 0.5) is 0 Å². The van der Waals surface area contributed by atoms with E-state index in [-0.39, 0.29) is 11.9 Å². The minimum absolute atomic E-state index is 0.0895. The molecule has 1 fully saturated rings. The number of hydrogen-bond donors (Lipinski definition) is 2. The van der Waals surface area contributed by atoms with E-state index in [0.29, 0.717) is 17.0 Å². The molecular formula is C18H20N6OS. The summed E-state index contributed by atoms with van der Waals surface area (Å²) in [5.41, 5.74) is 1.26. The molecule has 1 aliphatic rings. The maximum absolute atomic E-state index is 12.8. The normalized spacial score (nSPS) is 17.9. The van der Waals surface area contributed by atoms with Crippen molar-refractivity contribution in [2.45, 2.75) is 25.4 Å². The molecule has 26 heavy (non-hydrogen) atoms. The van der Waals surface area contributed by atoms with Crippen LogP contribution in [0.2, 0.25) is 0 Å². The zero-order valence-electron chi connectivity index (χ0n) is 14.3. The number of likely N-dealkylation sites (tertiary alicyclic amines) is 1. The molecule has 0 saturated carbocycles. The minimum Gasteiger partial charge on any atom is -0.348 e. The van der Waals surface area contributed by atoms with Crippen LogP contribution < -0.4 is 5.32 Å². The highest BCUT2D eigenvalue weighted by molar-refractivity contribution is 7.09. The van der Waals surface area contributed by atoms with E-state index in [0.717, 1.165) is 32.5 Å². The van der Waals surface area contributed by atoms with Crippen LogP contribution in [0.15, 0.2) is 41.8 Å². The first kappa shape index (κ1) is 16.9. The third-order valence-corrected chi connectivity index (χ3v) is 5.42. The molecule has 1 aliphatic heterocycles. The Hall–Kier alpha value is -2.58. The maximum Gasteiger partial charge on any atom is 0.252 e. The Labute approximate surface area is 155 Å². The molecular weight excluding hydrogens is 348 g/mol. The number of aromatic nitrogens is 4. The molecule has 0 bridgehead atoms. The molecule has 2 N–H and O–H groups in total. The van der Waals surface area contributed by atoms with E-state index in [1.807, 2.05) is 18.2 Å². The van der Waals surface area contributed by atoms with E-state index in [4.69, 9.17) is 0 Å². The number of nitrogens with one attached hydrogen (secondary N) is 2. The lowest BCUT2D eigenvalue weighted by Gasteiger charge is -2.33. The van der Waals surface area contributed by atoms with Crippen molar-refractivity contribution in [3.05, 3.63) is 52.2 Å². The summed E-state index contributed by atoms with van der Waals surface area (Å²) in [7, 11) is 0. The number of carbonyl (C=O) groups is 1. The number of amides is 1. The fourth-order valence-corrected chi connectivity index (χ4v) is 4.10. The smallest absolute Gasteiger partial charge is 0.252 e. The molecule has 1 unspecified atom stereocenters. The topological polar surface area (TPSA) is 86.8 Å². The lowest BCUT2D eigenvalue weighted by Crippen LogP contribution is -2.47. The van der Waals surface area contributed by atoms with Gasteiger partial charge in [-0.2, -0.15) is 5.21 Å². The van der Waals surface area contributed by atoms with Crippen molar-refractivity contribution >= 4 is 17.2 Å². The van der Waals surface area contributed by atoms with Gasteiger partial charge in [-0.05, 0) is 42.1 Å². The Balaban J connectivity index is 1.43. The Morgan fingerprint density at radius 1 is 1.31 bits per heavy atom. The summed E-state index contributed by atoms with van der Waals surface area (Å²) >= 11 is 1.78. The van der Waals surface area contributed by atoms with Gasteiger partial charge >= 0.3 is 0 Å². The van der Waals surface area contributed by atoms with Gasteiger partial charge in [-0.25, -0.2) is 0 Å². The van der Waals surface area contributed by atoms with Crippen molar-refractivity contribution in [1.82, 2.24) is 30.8 Å². The Kier molecular flexibility index (Phi) is 5.03. The maximum atomic E-state index is 12.8. The van der Waals surface area contributed by atoms with Gasteiger partial charge in [-0.1, -0.05) is 24.3 Å². The first-order valence-electron chi connectivity index (χ1n) is 8.68. The number of carbonyl (C=O) groups excluding carboxylic acids is 1. The van der Waals surface area contributed by atoms with Gasteiger partial charge in [0, 0.05) is 29.6 Å². The summed E-state index contributed by atoms with van der Waals surface area (Å²) in [5, 5.41) is 19.3. The van der Waals surface area contributed by atoms with Gasteiger partial charge in [-0.3, -0.25) is 9.69 Å². The summed E-state index contributed by atoms with van der Waals surface area (Å²) in [6.07, 6.45) is 2.08. The highest BCUT2D eigenvalue weighted by atomic mass is 32.1. The first-order valence-corrected chi connectivity index (χ1v) is 9.56. The lowest BCUT2D eigenvalue weighted by atomic mass is 10.0. The van der Waals surface area contributed by atoms with Crippen molar-refractivity contribution in [2.24, 2.45) is 0 Å². The second kappa shape index (κ2) is 7.76. The van der Waals surface area contributed by atoms with E-state index in [1.165, 1.54) is 4.88 Å². The molecule has 0 radical (unpaired) electrons. The molecule has 4 rings (SSSR count). The van der Waals surface area contributed by atoms with Crippen molar-refractivity contribution < 1.29 is 4.79 Å². The Morgan fingerprint density at radius 3 is 3.04 bits per heavy atom. The van der Waals surface area contributed by atoms with Gasteiger partial charge in [0.1, 0.15) is 0 Å². The Morgan fingerprint density at radius 2 is 2.23 bits per heavy atom. The van der Waals surface area contributed by atoms with Gasteiger partial charge in [-0.15, -0.1) is 21.5 Å². The molecule has 7 nitrogen and oxygen atoms in total. The van der Waals surface area contributed by atoms with E-state index in [1.54, 1.807) is 17.4 Å². The van der Waals surface area contributed by atoms with Crippen LogP contribution >= 0.6 is 11.3 Å². The number of rotatable bonds is 5. The number of piperidine rings is 1. The third kappa shape index (κ3) is 3.81. The molecule has 0 spiro atoms. The highest BCUT2D eigenvalue weighted by Gasteiger charge is 2.23. The summed E-state index contributed by atoms with van der Waals surface area (Å²) in [6, 6.07) is 11.7. The van der Waals surface area contributed by atoms with Gasteiger partial charge in [0.25, 0.3) is 5.91 Å². The summed E-state index contributed by atoms with van der Waals surface area (Å²) < 4.78 is 0. The number of benzene rings is 1. The molecule has 1 saturated heterocycles. The molecule has 1 atom stereocenters. The Bertz CT molecular complexity index is 848. The predicted molar refractivity (Wildman–Crippen MR) is 99.7 cm³/mol. The number of H-pyrrole nitrogens is 1. The molecule has 134 valence electrons. The minimum atomic E-state index is -0.0895. The quantitative estimate of drug-likeness (QED) is 0.722. The molecule has 3 heterocycles. The van der Waals surface area contributed by atoms with Crippen LogP contribution in [-0.4, -0.2) is 50.6 Å². The molecule has 2 aromatic heterocycles. The zero-order valence-corrected chi connectivity index (χ0v) is 15.1. The van der Waals surface area contributed by atoms with Crippen molar-refractivity contribution in [3.8, 4) is 11.4 Å². The second-order valence-corrected chi connectivity index (χ2v) is 7.44. The third-order valence-electron chi connectivity index (χ3n) is 4.56. The fourth-order valence-electron chi connectivity index (χ4n) is 3.36. The predicted octanol–water partition coefficient (Wildman–Crippen LogP) is 2.32. The molecule has 3 aromatic rings. The first-order chi connectivity index (χ1) is 12.8. The highest BCUT2D eigenvalue weighted by Crippen LogP contribution is 2.20. The molecule has 8 heteroatoms. The van der Waals surface area contributed by atoms with Crippen LogP contribution in [0, 0.1) is 0 Å². The second-order valence-electron chi connectivity index (χ2n) is 6.41. The van der Waals surface area contributed by atoms with E-state index < -0.39 is 0 Å². The number of hydrogen-bond acceptors (Lipinski definition) is 6. The van der Waals surface area contributed by atoms with Crippen molar-refractivity contribution in [1.29, 1.82) is 0 Å². The van der Waals surface area contributed by atoms with E-state index in [9.17, 15) is 4.79 Å². The fraction of sp³-hybridized carbons (Fsp3) is 0.333. The van der Waals surface area contributed by atoms with Crippen molar-refractivity contribution in [2.75, 3.05) is 13.1 Å². The van der Waals surface area contributed by atoms with Crippen LogP contribution in [0.5, 0.6) is 0 Å². The van der Waals surface area contributed by atoms with Gasteiger partial charge in [0.15, 0.2) is 0 Å². The number of tetrazole rings is 1.